The van der Waals surface area contributed by atoms with Crippen LogP contribution in [0.25, 0.3) is 4.85 Å². The Kier molecular flexibility index (Phi) is 6.88. The molecule has 2 atom stereocenters. The van der Waals surface area contributed by atoms with Crippen LogP contribution in [0, 0.1) is 12.5 Å². The van der Waals surface area contributed by atoms with Crippen LogP contribution in [0.2, 0.25) is 5.02 Å². The summed E-state index contributed by atoms with van der Waals surface area (Å²) >= 11 is 6.22. The lowest BCUT2D eigenvalue weighted by Crippen LogP contribution is -2.37. The Labute approximate surface area is 194 Å². The number of anilines is 2. The summed E-state index contributed by atoms with van der Waals surface area (Å²) < 4.78 is 0. The smallest absolute Gasteiger partial charge is 0.251 e. The molecule has 2 aliphatic rings. The number of hydrogen-bond acceptors (Lipinski definition) is 4. The third-order valence-electron chi connectivity index (χ3n) is 6.66. The zero-order valence-corrected chi connectivity index (χ0v) is 19.1. The Morgan fingerprint density at radius 2 is 1.88 bits per heavy atom. The van der Waals surface area contributed by atoms with Gasteiger partial charge in [-0.05, 0) is 68.5 Å². The van der Waals surface area contributed by atoms with E-state index in [0.717, 1.165) is 43.7 Å². The van der Waals surface area contributed by atoms with Gasteiger partial charge in [-0.1, -0.05) is 17.7 Å². The van der Waals surface area contributed by atoms with Crippen molar-refractivity contribution in [2.45, 2.75) is 38.3 Å². The van der Waals surface area contributed by atoms with Crippen molar-refractivity contribution in [3.63, 3.8) is 0 Å². The first kappa shape index (κ1) is 22.4. The average molecular weight is 453 g/mol. The van der Waals surface area contributed by atoms with Crippen molar-refractivity contribution >= 4 is 34.6 Å². The molecule has 0 spiro atoms. The highest BCUT2D eigenvalue weighted by Gasteiger charge is 2.30. The topological polar surface area (TPSA) is 60.2 Å². The lowest BCUT2D eigenvalue weighted by Gasteiger charge is -2.32. The van der Waals surface area contributed by atoms with Crippen molar-refractivity contribution in [1.82, 2.24) is 5.32 Å². The fourth-order valence-electron chi connectivity index (χ4n) is 4.73. The molecular formula is C25H29ClN4O2. The van der Waals surface area contributed by atoms with Crippen LogP contribution >= 0.6 is 11.6 Å². The molecule has 1 amide bonds. The SMILES string of the molecule is [C-]#[N+]c1ccc(N2C[C@H](NC(=O)c3ccc(N4CCC(CO)CC4)cc3)C[C@@H]2C)cc1Cl. The lowest BCUT2D eigenvalue weighted by atomic mass is 9.97. The molecule has 0 unspecified atom stereocenters. The number of nitrogens with zero attached hydrogens (tertiary/aromatic N) is 3. The molecular weight excluding hydrogens is 424 g/mol. The molecule has 7 heteroatoms. The Morgan fingerprint density at radius 1 is 1.19 bits per heavy atom. The van der Waals surface area contributed by atoms with Crippen molar-refractivity contribution in [2.75, 3.05) is 36.0 Å². The van der Waals surface area contributed by atoms with E-state index in [-0.39, 0.29) is 24.6 Å². The molecule has 0 saturated carbocycles. The van der Waals surface area contributed by atoms with Gasteiger partial charge in [0.1, 0.15) is 0 Å². The minimum atomic E-state index is -0.0593. The predicted octanol–water partition coefficient (Wildman–Crippen LogP) is 4.50. The summed E-state index contributed by atoms with van der Waals surface area (Å²) in [5, 5.41) is 12.9. The van der Waals surface area contributed by atoms with E-state index >= 15 is 0 Å². The minimum absolute atomic E-state index is 0.0500. The third-order valence-corrected chi connectivity index (χ3v) is 6.96. The molecule has 2 N–H and O–H groups in total. The summed E-state index contributed by atoms with van der Waals surface area (Å²) in [7, 11) is 0. The van der Waals surface area contributed by atoms with Gasteiger partial charge in [-0.15, -0.1) is 0 Å². The van der Waals surface area contributed by atoms with Gasteiger partial charge in [-0.3, -0.25) is 4.79 Å². The summed E-state index contributed by atoms with van der Waals surface area (Å²) in [6.07, 6.45) is 2.85. The first-order chi connectivity index (χ1) is 15.5. The zero-order valence-electron chi connectivity index (χ0n) is 18.3. The maximum absolute atomic E-state index is 12.8. The van der Waals surface area contributed by atoms with E-state index < -0.39 is 0 Å². The zero-order chi connectivity index (χ0) is 22.7. The Morgan fingerprint density at radius 3 is 2.50 bits per heavy atom. The molecule has 4 rings (SSSR count). The number of benzene rings is 2. The van der Waals surface area contributed by atoms with Gasteiger partial charge in [-0.2, -0.15) is 0 Å². The second-order valence-electron chi connectivity index (χ2n) is 8.81. The van der Waals surface area contributed by atoms with Crippen LogP contribution in [0.3, 0.4) is 0 Å². The molecule has 0 aliphatic carbocycles. The normalized spacial score (nSPS) is 21.4. The number of rotatable bonds is 5. The lowest BCUT2D eigenvalue weighted by molar-refractivity contribution is 0.0940. The molecule has 2 fully saturated rings. The number of piperidine rings is 1. The summed E-state index contributed by atoms with van der Waals surface area (Å²) in [4.78, 5) is 20.8. The minimum Gasteiger partial charge on any atom is -0.396 e. The number of aliphatic hydroxyl groups excluding tert-OH is 1. The maximum Gasteiger partial charge on any atom is 0.251 e. The molecule has 2 aromatic carbocycles. The Balaban J connectivity index is 1.35. The van der Waals surface area contributed by atoms with Gasteiger partial charge in [0.2, 0.25) is 5.69 Å². The van der Waals surface area contributed by atoms with Crippen LogP contribution in [0.5, 0.6) is 0 Å². The van der Waals surface area contributed by atoms with E-state index in [4.69, 9.17) is 18.2 Å². The fourth-order valence-corrected chi connectivity index (χ4v) is 4.94. The van der Waals surface area contributed by atoms with Crippen molar-refractivity contribution in [3.8, 4) is 0 Å². The molecule has 2 saturated heterocycles. The van der Waals surface area contributed by atoms with Gasteiger partial charge in [0.05, 0.1) is 6.57 Å². The quantitative estimate of drug-likeness (QED) is 0.656. The molecule has 0 radical (unpaired) electrons. The average Bonchev–Trinajstić information content (AvgIpc) is 3.19. The van der Waals surface area contributed by atoms with Crippen LogP contribution < -0.4 is 15.1 Å². The highest BCUT2D eigenvalue weighted by atomic mass is 35.5. The fraction of sp³-hybridized carbons (Fsp3) is 0.440. The summed E-state index contributed by atoms with van der Waals surface area (Å²) in [6.45, 7) is 12.1. The van der Waals surface area contributed by atoms with Crippen LogP contribution in [0.4, 0.5) is 17.1 Å². The van der Waals surface area contributed by atoms with Crippen LogP contribution in [-0.2, 0) is 0 Å². The van der Waals surface area contributed by atoms with Crippen LogP contribution in [-0.4, -0.2) is 49.3 Å². The van der Waals surface area contributed by atoms with E-state index in [1.807, 2.05) is 36.4 Å². The predicted molar refractivity (Wildman–Crippen MR) is 129 cm³/mol. The molecule has 2 heterocycles. The Bertz CT molecular complexity index is 996. The highest BCUT2D eigenvalue weighted by Crippen LogP contribution is 2.33. The van der Waals surface area contributed by atoms with Gasteiger partial charge < -0.3 is 20.2 Å². The molecule has 168 valence electrons. The number of carbonyl (C=O) groups is 1. The number of nitrogens with one attached hydrogen (secondary N) is 1. The van der Waals surface area contributed by atoms with Gasteiger partial charge in [0.25, 0.3) is 5.91 Å². The summed E-state index contributed by atoms with van der Waals surface area (Å²) in [5.74, 6) is 0.349. The van der Waals surface area contributed by atoms with Gasteiger partial charge in [0, 0.05) is 60.3 Å². The van der Waals surface area contributed by atoms with Crippen molar-refractivity contribution in [1.29, 1.82) is 0 Å². The first-order valence-corrected chi connectivity index (χ1v) is 11.6. The Hall–Kier alpha value is -2.75. The van der Waals surface area contributed by atoms with E-state index in [0.29, 0.717) is 28.7 Å². The molecule has 2 aromatic rings. The van der Waals surface area contributed by atoms with Gasteiger partial charge >= 0.3 is 0 Å². The van der Waals surface area contributed by atoms with Gasteiger partial charge in [-0.25, -0.2) is 4.85 Å². The second kappa shape index (κ2) is 9.81. The van der Waals surface area contributed by atoms with E-state index in [1.54, 1.807) is 6.07 Å². The van der Waals surface area contributed by atoms with Crippen molar-refractivity contribution in [3.05, 3.63) is 64.5 Å². The van der Waals surface area contributed by atoms with E-state index in [9.17, 15) is 9.90 Å². The van der Waals surface area contributed by atoms with Crippen molar-refractivity contribution < 1.29 is 9.90 Å². The molecule has 0 aromatic heterocycles. The first-order valence-electron chi connectivity index (χ1n) is 11.2. The largest absolute Gasteiger partial charge is 0.396 e. The number of halogens is 1. The third kappa shape index (κ3) is 4.85. The number of aliphatic hydroxyl groups is 1. The molecule has 2 aliphatic heterocycles. The van der Waals surface area contributed by atoms with Crippen LogP contribution in [0.15, 0.2) is 42.5 Å². The number of carbonyl (C=O) groups excluding carboxylic acids is 1. The standard InChI is InChI=1S/C25H29ClN4O2/c1-17-13-20(15-30(17)22-7-8-24(27-2)23(26)14-22)28-25(32)19-3-5-21(6-4-19)29-11-9-18(16-31)10-12-29/h3-8,14,17-18,20,31H,9-13,15-16H2,1H3,(H,28,32)/t17-,20+/m0/s1. The highest BCUT2D eigenvalue weighted by molar-refractivity contribution is 6.33. The summed E-state index contributed by atoms with van der Waals surface area (Å²) in [5.41, 5.74) is 3.21. The van der Waals surface area contributed by atoms with Crippen LogP contribution in [0.1, 0.15) is 36.5 Å². The molecule has 32 heavy (non-hydrogen) atoms. The van der Waals surface area contributed by atoms with E-state index in [1.165, 1.54) is 0 Å². The summed E-state index contributed by atoms with van der Waals surface area (Å²) in [6, 6.07) is 13.6. The maximum atomic E-state index is 12.8. The molecule has 6 nitrogen and oxygen atoms in total. The number of hydrogen-bond donors (Lipinski definition) is 2. The van der Waals surface area contributed by atoms with Gasteiger partial charge in [0.15, 0.2) is 0 Å². The van der Waals surface area contributed by atoms with E-state index in [2.05, 4.69) is 26.9 Å². The van der Waals surface area contributed by atoms with Crippen molar-refractivity contribution in [2.24, 2.45) is 5.92 Å². The number of amides is 1. The molecule has 0 bridgehead atoms. The second-order valence-corrected chi connectivity index (χ2v) is 9.22. The monoisotopic (exact) mass is 452 g/mol.